The third kappa shape index (κ3) is 3.66. The Morgan fingerprint density at radius 3 is 2.79 bits per heavy atom. The van der Waals surface area contributed by atoms with Gasteiger partial charge in [-0.3, -0.25) is 9.36 Å². The Labute approximate surface area is 168 Å². The Kier molecular flexibility index (Phi) is 4.93. The molecule has 0 saturated heterocycles. The molecule has 4 rings (SSSR count). The lowest BCUT2D eigenvalue weighted by atomic mass is 9.96. The minimum Gasteiger partial charge on any atom is -0.508 e. The second kappa shape index (κ2) is 7.55. The average molecular weight is 390 g/mol. The first kappa shape index (κ1) is 18.9. The van der Waals surface area contributed by atoms with Crippen LogP contribution in [-0.2, 0) is 19.4 Å². The van der Waals surface area contributed by atoms with Crippen molar-refractivity contribution in [2.45, 2.75) is 52.0 Å². The maximum absolute atomic E-state index is 13.1. The third-order valence-corrected chi connectivity index (χ3v) is 5.19. The van der Waals surface area contributed by atoms with Crippen LogP contribution in [0.1, 0.15) is 60.9 Å². The van der Waals surface area contributed by atoms with Crippen molar-refractivity contribution in [1.82, 2.24) is 14.7 Å². The quantitative estimate of drug-likeness (QED) is 0.731. The maximum Gasteiger partial charge on any atom is 0.257 e. The molecule has 1 aliphatic rings. The number of aromatic hydroxyl groups is 1. The highest BCUT2D eigenvalue weighted by molar-refractivity contribution is 5.62. The van der Waals surface area contributed by atoms with Crippen molar-refractivity contribution in [2.75, 3.05) is 0 Å². The zero-order chi connectivity index (χ0) is 20.5. The van der Waals surface area contributed by atoms with E-state index in [2.05, 4.69) is 5.16 Å². The molecular formula is C22H22N4O3. The van der Waals surface area contributed by atoms with Crippen LogP contribution in [0.25, 0.3) is 11.3 Å². The highest BCUT2D eigenvalue weighted by atomic mass is 16.5. The number of phenols is 1. The minimum atomic E-state index is -0.0193. The summed E-state index contributed by atoms with van der Waals surface area (Å²) in [4.78, 5) is 17.9. The lowest BCUT2D eigenvalue weighted by Gasteiger charge is -2.20. The van der Waals surface area contributed by atoms with E-state index in [-0.39, 0.29) is 23.8 Å². The number of nitriles is 1. The summed E-state index contributed by atoms with van der Waals surface area (Å²) in [5.74, 6) is 1.27. The number of hydrogen-bond acceptors (Lipinski definition) is 6. The molecule has 7 nitrogen and oxygen atoms in total. The summed E-state index contributed by atoms with van der Waals surface area (Å²) >= 11 is 0. The van der Waals surface area contributed by atoms with Crippen molar-refractivity contribution in [3.05, 3.63) is 63.0 Å². The molecule has 0 spiro atoms. The summed E-state index contributed by atoms with van der Waals surface area (Å²) in [6.07, 6.45) is 3.71. The maximum atomic E-state index is 13.1. The molecule has 3 aromatic rings. The summed E-state index contributed by atoms with van der Waals surface area (Å²) in [6.45, 7) is 4.32. The van der Waals surface area contributed by atoms with Gasteiger partial charge in [0.2, 0.25) is 0 Å². The Morgan fingerprint density at radius 1 is 1.24 bits per heavy atom. The number of aromatic nitrogens is 3. The molecule has 0 radical (unpaired) electrons. The smallest absolute Gasteiger partial charge is 0.257 e. The Balaban J connectivity index is 1.72. The lowest BCUT2D eigenvalue weighted by Crippen LogP contribution is -2.32. The van der Waals surface area contributed by atoms with Gasteiger partial charge in [-0.2, -0.15) is 5.26 Å². The highest BCUT2D eigenvalue weighted by Gasteiger charge is 2.21. The van der Waals surface area contributed by atoms with Crippen LogP contribution in [0.2, 0.25) is 0 Å². The molecule has 0 aliphatic heterocycles. The van der Waals surface area contributed by atoms with E-state index in [1.807, 2.05) is 19.9 Å². The number of aryl methyl sites for hydroxylation is 1. The van der Waals surface area contributed by atoms with Gasteiger partial charge in [0.15, 0.2) is 5.76 Å². The van der Waals surface area contributed by atoms with Gasteiger partial charge in [-0.15, -0.1) is 0 Å². The Bertz CT molecular complexity index is 1170. The molecule has 2 heterocycles. The van der Waals surface area contributed by atoms with Gasteiger partial charge in [-0.05, 0) is 43.9 Å². The van der Waals surface area contributed by atoms with Gasteiger partial charge in [-0.1, -0.05) is 19.0 Å². The fourth-order valence-electron chi connectivity index (χ4n) is 3.80. The van der Waals surface area contributed by atoms with E-state index in [1.165, 1.54) is 12.1 Å². The predicted octanol–water partition coefficient (Wildman–Crippen LogP) is 3.53. The molecule has 2 aromatic heterocycles. The molecule has 1 aromatic carbocycles. The van der Waals surface area contributed by atoms with Gasteiger partial charge >= 0.3 is 0 Å². The summed E-state index contributed by atoms with van der Waals surface area (Å²) < 4.78 is 7.12. The summed E-state index contributed by atoms with van der Waals surface area (Å²) in [5, 5.41) is 23.0. The first-order valence-electron chi connectivity index (χ1n) is 9.79. The van der Waals surface area contributed by atoms with Crippen LogP contribution in [0.3, 0.4) is 0 Å². The topological polar surface area (TPSA) is 105 Å². The second-order valence-electron chi connectivity index (χ2n) is 7.71. The summed E-state index contributed by atoms with van der Waals surface area (Å²) in [5.41, 5.74) is 3.23. The van der Waals surface area contributed by atoms with Crippen LogP contribution in [0.15, 0.2) is 33.6 Å². The molecule has 0 atom stereocenters. The van der Waals surface area contributed by atoms with Crippen LogP contribution < -0.4 is 5.56 Å². The van der Waals surface area contributed by atoms with Crippen molar-refractivity contribution in [3.63, 3.8) is 0 Å². The van der Waals surface area contributed by atoms with Gasteiger partial charge in [0.1, 0.15) is 17.3 Å². The SMILES string of the molecule is CC(C)c1nc2c(c(=O)n1Cc1cc(-c3cc(O)cc(C#N)c3)on1)CCCC2. The summed E-state index contributed by atoms with van der Waals surface area (Å²) in [6, 6.07) is 8.25. The van der Waals surface area contributed by atoms with E-state index in [1.54, 1.807) is 16.7 Å². The van der Waals surface area contributed by atoms with E-state index in [0.29, 0.717) is 22.6 Å². The van der Waals surface area contributed by atoms with Gasteiger partial charge in [0.25, 0.3) is 5.56 Å². The zero-order valence-electron chi connectivity index (χ0n) is 16.5. The van der Waals surface area contributed by atoms with Gasteiger partial charge < -0.3 is 9.63 Å². The molecule has 1 N–H and O–H groups in total. The number of rotatable bonds is 4. The molecule has 0 fully saturated rings. The van der Waals surface area contributed by atoms with Crippen molar-refractivity contribution >= 4 is 0 Å². The van der Waals surface area contributed by atoms with Crippen LogP contribution >= 0.6 is 0 Å². The van der Waals surface area contributed by atoms with Crippen molar-refractivity contribution in [1.29, 1.82) is 5.26 Å². The largest absolute Gasteiger partial charge is 0.508 e. The number of benzene rings is 1. The number of fused-ring (bicyclic) bond motifs is 1. The monoisotopic (exact) mass is 390 g/mol. The zero-order valence-corrected chi connectivity index (χ0v) is 16.5. The van der Waals surface area contributed by atoms with E-state index in [9.17, 15) is 9.90 Å². The molecular weight excluding hydrogens is 368 g/mol. The lowest BCUT2D eigenvalue weighted by molar-refractivity contribution is 0.418. The van der Waals surface area contributed by atoms with Crippen molar-refractivity contribution in [2.24, 2.45) is 0 Å². The Morgan fingerprint density at radius 2 is 2.03 bits per heavy atom. The predicted molar refractivity (Wildman–Crippen MR) is 107 cm³/mol. The highest BCUT2D eigenvalue weighted by Crippen LogP contribution is 2.27. The van der Waals surface area contributed by atoms with Gasteiger partial charge in [-0.25, -0.2) is 4.98 Å². The van der Waals surface area contributed by atoms with Gasteiger partial charge in [0.05, 0.1) is 23.9 Å². The molecule has 7 heteroatoms. The van der Waals surface area contributed by atoms with Crippen LogP contribution in [0.4, 0.5) is 0 Å². The Hall–Kier alpha value is -3.40. The van der Waals surface area contributed by atoms with E-state index >= 15 is 0 Å². The van der Waals surface area contributed by atoms with E-state index in [0.717, 1.165) is 42.8 Å². The molecule has 0 unspecified atom stereocenters. The van der Waals surface area contributed by atoms with E-state index < -0.39 is 0 Å². The fraction of sp³-hybridized carbons (Fsp3) is 0.364. The van der Waals surface area contributed by atoms with Crippen LogP contribution in [0.5, 0.6) is 5.75 Å². The number of phenolic OH excluding ortho intramolecular Hbond substituents is 1. The van der Waals surface area contributed by atoms with E-state index in [4.69, 9.17) is 14.8 Å². The first-order valence-corrected chi connectivity index (χ1v) is 9.79. The standard InChI is InChI=1S/C22H22N4O3/c1-13(2)21-24-19-6-4-3-5-18(19)22(28)26(21)12-16-10-20(29-25-16)15-7-14(11-23)8-17(27)9-15/h7-10,13,27H,3-6,12H2,1-2H3. The fourth-order valence-corrected chi connectivity index (χ4v) is 3.80. The third-order valence-electron chi connectivity index (χ3n) is 5.19. The molecule has 1 aliphatic carbocycles. The second-order valence-corrected chi connectivity index (χ2v) is 7.71. The first-order chi connectivity index (χ1) is 14.0. The van der Waals surface area contributed by atoms with Crippen LogP contribution in [0, 0.1) is 11.3 Å². The van der Waals surface area contributed by atoms with Crippen molar-refractivity contribution < 1.29 is 9.63 Å². The molecule has 29 heavy (non-hydrogen) atoms. The average Bonchev–Trinajstić information content (AvgIpc) is 3.18. The molecule has 0 bridgehead atoms. The molecule has 0 amide bonds. The molecule has 148 valence electrons. The normalized spacial score (nSPS) is 13.3. The van der Waals surface area contributed by atoms with Crippen LogP contribution in [-0.4, -0.2) is 19.8 Å². The minimum absolute atomic E-state index is 0.00655. The molecule has 0 saturated carbocycles. The summed E-state index contributed by atoms with van der Waals surface area (Å²) in [7, 11) is 0. The number of hydrogen-bond donors (Lipinski definition) is 1. The van der Waals surface area contributed by atoms with Gasteiger partial charge in [0, 0.05) is 23.1 Å². The number of nitrogens with zero attached hydrogens (tertiary/aromatic N) is 4. The van der Waals surface area contributed by atoms with Crippen molar-refractivity contribution in [3.8, 4) is 23.1 Å².